The Bertz CT molecular complexity index is 1330. The predicted molar refractivity (Wildman–Crippen MR) is 139 cm³/mol. The fourth-order valence-corrected chi connectivity index (χ4v) is 4.95. The van der Waals surface area contributed by atoms with E-state index in [4.69, 9.17) is 25.5 Å². The van der Waals surface area contributed by atoms with Crippen LogP contribution in [0.1, 0.15) is 36.2 Å². The van der Waals surface area contributed by atoms with Crippen LogP contribution < -0.4 is 15.4 Å². The molecule has 0 unspecified atom stereocenters. The van der Waals surface area contributed by atoms with Gasteiger partial charge in [0.1, 0.15) is 17.0 Å². The number of methoxy groups -OCH3 is 1. The third kappa shape index (κ3) is 5.58. The third-order valence-corrected chi connectivity index (χ3v) is 7.13. The number of carbonyl (C=O) groups is 3. The van der Waals surface area contributed by atoms with E-state index in [9.17, 15) is 14.4 Å². The number of carbonyl (C=O) groups excluding carboxylic acids is 3. The van der Waals surface area contributed by atoms with Crippen molar-refractivity contribution in [2.75, 3.05) is 44.0 Å². The number of morpholine rings is 1. The number of nitrogens with zero attached hydrogens (tertiary/aromatic N) is 3. The second kappa shape index (κ2) is 11.4. The van der Waals surface area contributed by atoms with Crippen molar-refractivity contribution in [3.63, 3.8) is 0 Å². The highest BCUT2D eigenvalue weighted by atomic mass is 35.5. The lowest BCUT2D eigenvalue weighted by molar-refractivity contribution is -0.141. The Morgan fingerprint density at radius 3 is 2.45 bits per heavy atom. The topological polar surface area (TPSA) is 136 Å². The van der Waals surface area contributed by atoms with Gasteiger partial charge in [0, 0.05) is 37.2 Å². The molecule has 2 aliphatic rings. The maximum atomic E-state index is 13.3. The minimum Gasteiger partial charge on any atom is -0.481 e. The highest BCUT2D eigenvalue weighted by molar-refractivity contribution is 6.30. The Morgan fingerprint density at radius 2 is 1.76 bits per heavy atom. The van der Waals surface area contributed by atoms with Crippen LogP contribution in [-0.2, 0) is 14.3 Å². The highest BCUT2D eigenvalue weighted by Gasteiger charge is 2.34. The van der Waals surface area contributed by atoms with Gasteiger partial charge in [0.2, 0.25) is 23.5 Å². The Kier molecular flexibility index (Phi) is 7.75. The minimum atomic E-state index is -0.605. The van der Waals surface area contributed by atoms with Crippen LogP contribution in [0.3, 0.4) is 0 Å². The van der Waals surface area contributed by atoms with E-state index in [0.29, 0.717) is 74.0 Å². The number of furan rings is 1. The van der Waals surface area contributed by atoms with Gasteiger partial charge in [-0.3, -0.25) is 14.4 Å². The maximum Gasteiger partial charge on any atom is 0.294 e. The quantitative estimate of drug-likeness (QED) is 0.481. The number of amides is 3. The summed E-state index contributed by atoms with van der Waals surface area (Å²) in [5.41, 5.74) is 0.764. The lowest BCUT2D eigenvalue weighted by Crippen LogP contribution is -2.44. The fraction of sp³-hybridized carbons (Fsp3) is 0.423. The molecule has 0 atom stereocenters. The van der Waals surface area contributed by atoms with Gasteiger partial charge in [-0.15, -0.1) is 0 Å². The van der Waals surface area contributed by atoms with E-state index >= 15 is 0 Å². The molecule has 3 aromatic rings. The Hall–Kier alpha value is -3.70. The molecule has 3 aromatic heterocycles. The summed E-state index contributed by atoms with van der Waals surface area (Å²) in [7, 11) is 1.48. The first-order valence-corrected chi connectivity index (χ1v) is 12.9. The summed E-state index contributed by atoms with van der Waals surface area (Å²) >= 11 is 5.88. The third-order valence-electron chi connectivity index (χ3n) is 6.91. The molecule has 1 aliphatic carbocycles. The number of pyridine rings is 2. The summed E-state index contributed by atoms with van der Waals surface area (Å²) in [6.45, 7) is 2.34. The first-order chi connectivity index (χ1) is 18.4. The van der Waals surface area contributed by atoms with E-state index in [-0.39, 0.29) is 40.9 Å². The molecule has 1 aliphatic heterocycles. The average Bonchev–Trinajstić information content (AvgIpc) is 3.31. The molecule has 0 aromatic carbocycles. The number of hydrogen-bond acceptors (Lipinski definition) is 8. The molecule has 4 heterocycles. The number of ether oxygens (including phenoxy) is 2. The van der Waals surface area contributed by atoms with E-state index in [2.05, 4.69) is 20.6 Å². The van der Waals surface area contributed by atoms with Gasteiger partial charge < -0.3 is 29.4 Å². The molecule has 0 spiro atoms. The van der Waals surface area contributed by atoms with Crippen LogP contribution in [-0.4, -0.2) is 66.0 Å². The van der Waals surface area contributed by atoms with Gasteiger partial charge in [-0.25, -0.2) is 9.97 Å². The number of hydrogen-bond donors (Lipinski definition) is 2. The van der Waals surface area contributed by atoms with E-state index < -0.39 is 5.91 Å². The lowest BCUT2D eigenvalue weighted by Gasteiger charge is -2.33. The number of nitrogens with one attached hydrogen (secondary N) is 2. The Morgan fingerprint density at radius 1 is 1.03 bits per heavy atom. The van der Waals surface area contributed by atoms with Crippen molar-refractivity contribution in [1.82, 2.24) is 14.9 Å². The summed E-state index contributed by atoms with van der Waals surface area (Å²) in [6, 6.07) is 6.38. The van der Waals surface area contributed by atoms with Gasteiger partial charge in [-0.2, -0.15) is 0 Å². The standard InChI is InChI=1S/C26H28ClN5O6/c1-36-20-9-7-18-21(30-20)22(23(38-18)25(34)29-19-8-6-17(27)14-28-19)31-24(33)15-2-4-16(5-3-15)26(35)32-10-12-37-13-11-32/h6-9,14-16H,2-5,10-13H2,1H3,(H,31,33)(H,28,29,34)/t15-,16-. The van der Waals surface area contributed by atoms with Gasteiger partial charge in [0.25, 0.3) is 5.91 Å². The average molecular weight is 542 g/mol. The molecule has 5 rings (SSSR count). The van der Waals surface area contributed by atoms with Crippen molar-refractivity contribution in [1.29, 1.82) is 0 Å². The molecule has 2 fully saturated rings. The molecule has 0 radical (unpaired) electrons. The van der Waals surface area contributed by atoms with Crippen molar-refractivity contribution in [2.45, 2.75) is 25.7 Å². The van der Waals surface area contributed by atoms with E-state index in [1.165, 1.54) is 13.3 Å². The van der Waals surface area contributed by atoms with E-state index in [1.54, 1.807) is 24.3 Å². The van der Waals surface area contributed by atoms with Crippen LogP contribution in [0.5, 0.6) is 5.88 Å². The molecule has 12 heteroatoms. The molecular formula is C26H28ClN5O6. The van der Waals surface area contributed by atoms with Crippen molar-refractivity contribution < 1.29 is 28.3 Å². The van der Waals surface area contributed by atoms with Crippen LogP contribution in [0.4, 0.5) is 11.5 Å². The predicted octanol–water partition coefficient (Wildman–Crippen LogP) is 3.74. The summed E-state index contributed by atoms with van der Waals surface area (Å²) in [4.78, 5) is 49.6. The molecule has 38 heavy (non-hydrogen) atoms. The first kappa shape index (κ1) is 25.9. The summed E-state index contributed by atoms with van der Waals surface area (Å²) in [5, 5.41) is 5.95. The SMILES string of the molecule is COc1ccc2oc(C(=O)Nc3ccc(Cl)cn3)c(NC(=O)[C@H]3CC[C@H](C(=O)N4CCOCC4)CC3)c2n1. The van der Waals surface area contributed by atoms with Crippen molar-refractivity contribution in [3.05, 3.63) is 41.2 Å². The highest BCUT2D eigenvalue weighted by Crippen LogP contribution is 2.35. The zero-order valence-electron chi connectivity index (χ0n) is 20.9. The molecule has 200 valence electrons. The number of halogens is 1. The molecule has 1 saturated heterocycles. The molecule has 2 N–H and O–H groups in total. The van der Waals surface area contributed by atoms with Crippen LogP contribution in [0.15, 0.2) is 34.9 Å². The number of aromatic nitrogens is 2. The molecule has 1 saturated carbocycles. The fourth-order valence-electron chi connectivity index (χ4n) is 4.84. The normalized spacial score (nSPS) is 19.7. The zero-order valence-corrected chi connectivity index (χ0v) is 21.6. The Labute approximate surface area is 223 Å². The monoisotopic (exact) mass is 541 g/mol. The van der Waals surface area contributed by atoms with Crippen molar-refractivity contribution in [3.8, 4) is 5.88 Å². The van der Waals surface area contributed by atoms with Gasteiger partial charge in [0.15, 0.2) is 5.58 Å². The largest absolute Gasteiger partial charge is 0.481 e. The van der Waals surface area contributed by atoms with Crippen molar-refractivity contribution >= 4 is 51.9 Å². The van der Waals surface area contributed by atoms with Gasteiger partial charge in [0.05, 0.1) is 25.3 Å². The number of fused-ring (bicyclic) bond motifs is 1. The second-order valence-electron chi connectivity index (χ2n) is 9.30. The maximum absolute atomic E-state index is 13.3. The van der Waals surface area contributed by atoms with Crippen LogP contribution in [0.25, 0.3) is 11.1 Å². The number of anilines is 2. The number of rotatable bonds is 6. The van der Waals surface area contributed by atoms with Crippen molar-refractivity contribution in [2.24, 2.45) is 11.8 Å². The first-order valence-electron chi connectivity index (χ1n) is 12.5. The molecule has 3 amide bonds. The van der Waals surface area contributed by atoms with Crippen LogP contribution in [0, 0.1) is 11.8 Å². The zero-order chi connectivity index (χ0) is 26.6. The summed E-state index contributed by atoms with van der Waals surface area (Å²) in [5.74, 6) is -0.659. The molecule has 0 bridgehead atoms. The van der Waals surface area contributed by atoms with Crippen LogP contribution in [0.2, 0.25) is 5.02 Å². The Balaban J connectivity index is 1.32. The molecular weight excluding hydrogens is 514 g/mol. The lowest BCUT2D eigenvalue weighted by atomic mass is 9.81. The minimum absolute atomic E-state index is 0.0916. The summed E-state index contributed by atoms with van der Waals surface area (Å²) < 4.78 is 16.4. The van der Waals surface area contributed by atoms with Gasteiger partial charge in [-0.05, 0) is 43.9 Å². The second-order valence-corrected chi connectivity index (χ2v) is 9.73. The van der Waals surface area contributed by atoms with Gasteiger partial charge in [-0.1, -0.05) is 11.6 Å². The smallest absolute Gasteiger partial charge is 0.294 e. The van der Waals surface area contributed by atoms with E-state index in [0.717, 1.165) is 0 Å². The van der Waals surface area contributed by atoms with E-state index in [1.807, 2.05) is 4.90 Å². The molecule has 11 nitrogen and oxygen atoms in total. The van der Waals surface area contributed by atoms with Crippen LogP contribution >= 0.6 is 11.6 Å². The summed E-state index contributed by atoms with van der Waals surface area (Å²) in [6.07, 6.45) is 3.79. The van der Waals surface area contributed by atoms with Gasteiger partial charge >= 0.3 is 0 Å².